The number of carbonyl (C=O) groups is 1. The zero-order valence-electron chi connectivity index (χ0n) is 14.8. The van der Waals surface area contributed by atoms with Crippen LogP contribution in [-0.2, 0) is 6.54 Å². The predicted octanol–water partition coefficient (Wildman–Crippen LogP) is 4.23. The van der Waals surface area contributed by atoms with E-state index < -0.39 is 0 Å². The molecule has 0 saturated heterocycles. The van der Waals surface area contributed by atoms with E-state index in [1.165, 1.54) is 11.3 Å². The van der Waals surface area contributed by atoms with E-state index in [0.717, 1.165) is 27.6 Å². The smallest absolute Gasteiger partial charge is 0.272 e. The molecule has 0 atom stereocenters. The summed E-state index contributed by atoms with van der Waals surface area (Å²) in [6, 6.07) is 21.6. The molecular weight excluding hydrogens is 356 g/mol. The van der Waals surface area contributed by atoms with E-state index in [9.17, 15) is 4.79 Å². The minimum Gasteiger partial charge on any atom is -0.344 e. The molecule has 0 fully saturated rings. The first-order valence-corrected chi connectivity index (χ1v) is 9.49. The van der Waals surface area contributed by atoms with Gasteiger partial charge >= 0.3 is 0 Å². The Morgan fingerprint density at radius 2 is 1.78 bits per heavy atom. The Morgan fingerprint density at radius 3 is 2.52 bits per heavy atom. The van der Waals surface area contributed by atoms with Crippen molar-refractivity contribution in [2.75, 3.05) is 0 Å². The Kier molecular flexibility index (Phi) is 4.80. The van der Waals surface area contributed by atoms with E-state index >= 15 is 0 Å². The van der Waals surface area contributed by atoms with Crippen LogP contribution >= 0.6 is 11.3 Å². The molecule has 0 radical (unpaired) electrons. The molecule has 0 aliphatic carbocycles. The third kappa shape index (κ3) is 3.80. The van der Waals surface area contributed by atoms with Gasteiger partial charge in [0, 0.05) is 16.6 Å². The fourth-order valence-electron chi connectivity index (χ4n) is 2.80. The molecule has 0 spiro atoms. The molecule has 134 valence electrons. The summed E-state index contributed by atoms with van der Waals surface area (Å²) in [5, 5.41) is 10.2. The second-order valence-corrected chi connectivity index (χ2v) is 7.04. The van der Waals surface area contributed by atoms with Gasteiger partial charge in [-0.2, -0.15) is 5.10 Å². The Hall–Kier alpha value is -3.25. The van der Waals surface area contributed by atoms with Crippen molar-refractivity contribution in [1.29, 1.82) is 0 Å². The van der Waals surface area contributed by atoms with Crippen LogP contribution in [0, 0.1) is 6.92 Å². The third-order valence-electron chi connectivity index (χ3n) is 4.14. The van der Waals surface area contributed by atoms with E-state index in [0.29, 0.717) is 12.2 Å². The van der Waals surface area contributed by atoms with E-state index in [4.69, 9.17) is 0 Å². The first-order chi connectivity index (χ1) is 13.2. The molecule has 0 unspecified atom stereocenters. The Morgan fingerprint density at radius 1 is 1.07 bits per heavy atom. The topological polar surface area (TPSA) is 59.8 Å². The van der Waals surface area contributed by atoms with Crippen molar-refractivity contribution in [1.82, 2.24) is 20.1 Å². The largest absolute Gasteiger partial charge is 0.344 e. The molecule has 2 aromatic carbocycles. The molecule has 2 heterocycles. The number of rotatable bonds is 5. The second kappa shape index (κ2) is 7.55. The minimum absolute atomic E-state index is 0.204. The van der Waals surface area contributed by atoms with E-state index in [-0.39, 0.29) is 5.91 Å². The summed E-state index contributed by atoms with van der Waals surface area (Å²) < 4.78 is 1.77. The number of hydrogen-bond donors (Lipinski definition) is 1. The van der Waals surface area contributed by atoms with Crippen LogP contribution in [0.25, 0.3) is 16.9 Å². The van der Waals surface area contributed by atoms with E-state index in [2.05, 4.69) is 15.4 Å². The van der Waals surface area contributed by atoms with Crippen LogP contribution in [0.3, 0.4) is 0 Å². The second-order valence-electron chi connectivity index (χ2n) is 6.09. The van der Waals surface area contributed by atoms with E-state index in [1.54, 1.807) is 10.7 Å². The predicted molar refractivity (Wildman–Crippen MR) is 107 cm³/mol. The van der Waals surface area contributed by atoms with Crippen LogP contribution in [0.15, 0.2) is 72.1 Å². The summed E-state index contributed by atoms with van der Waals surface area (Å²) in [7, 11) is 0. The fourth-order valence-corrected chi connectivity index (χ4v) is 3.54. The molecule has 2 aromatic heterocycles. The maximum Gasteiger partial charge on any atom is 0.272 e. The zero-order chi connectivity index (χ0) is 18.6. The third-order valence-corrected chi connectivity index (χ3v) is 4.99. The first kappa shape index (κ1) is 17.2. The van der Waals surface area contributed by atoms with Crippen LogP contribution in [0.1, 0.15) is 21.2 Å². The van der Waals surface area contributed by atoms with Crippen molar-refractivity contribution >= 4 is 17.2 Å². The molecule has 0 saturated carbocycles. The Balaban J connectivity index is 1.44. The Bertz CT molecular complexity index is 1050. The van der Waals surface area contributed by atoms with Gasteiger partial charge in [-0.25, -0.2) is 9.67 Å². The van der Waals surface area contributed by atoms with Crippen molar-refractivity contribution in [2.24, 2.45) is 0 Å². The van der Waals surface area contributed by atoms with Gasteiger partial charge in [0.05, 0.1) is 17.9 Å². The van der Waals surface area contributed by atoms with Gasteiger partial charge in [-0.1, -0.05) is 48.5 Å². The highest BCUT2D eigenvalue weighted by Crippen LogP contribution is 2.21. The van der Waals surface area contributed by atoms with Gasteiger partial charge in [-0.3, -0.25) is 4.79 Å². The number of hydrogen-bond acceptors (Lipinski definition) is 4. The molecule has 5 nitrogen and oxygen atoms in total. The lowest BCUT2D eigenvalue weighted by Gasteiger charge is -2.03. The lowest BCUT2D eigenvalue weighted by atomic mass is 10.2. The zero-order valence-corrected chi connectivity index (χ0v) is 15.6. The number of aromatic nitrogens is 3. The monoisotopic (exact) mass is 374 g/mol. The normalized spacial score (nSPS) is 10.7. The molecule has 4 rings (SSSR count). The maximum atomic E-state index is 12.5. The number of thiazole rings is 1. The lowest BCUT2D eigenvalue weighted by Crippen LogP contribution is -2.23. The number of nitrogens with zero attached hydrogens (tertiary/aromatic N) is 3. The molecule has 0 bridgehead atoms. The SMILES string of the molecule is Cc1cc(C(=O)NCc2nc(-c3ccccc3)cs2)nn1-c1ccccc1. The number of aryl methyl sites for hydroxylation is 1. The van der Waals surface area contributed by atoms with Crippen molar-refractivity contribution < 1.29 is 4.79 Å². The van der Waals surface area contributed by atoms with Crippen LogP contribution in [0.5, 0.6) is 0 Å². The van der Waals surface area contributed by atoms with E-state index in [1.807, 2.05) is 73.0 Å². The number of amides is 1. The number of para-hydroxylation sites is 1. The van der Waals surface area contributed by atoms with Crippen LogP contribution in [-0.4, -0.2) is 20.7 Å². The summed E-state index contributed by atoms with van der Waals surface area (Å²) in [6.07, 6.45) is 0. The van der Waals surface area contributed by atoms with Gasteiger partial charge < -0.3 is 5.32 Å². The van der Waals surface area contributed by atoms with Gasteiger partial charge in [0.15, 0.2) is 5.69 Å². The van der Waals surface area contributed by atoms with Crippen LogP contribution in [0.4, 0.5) is 0 Å². The van der Waals surface area contributed by atoms with Crippen molar-refractivity contribution in [3.05, 3.63) is 88.5 Å². The Labute approximate surface area is 161 Å². The highest BCUT2D eigenvalue weighted by molar-refractivity contribution is 7.09. The van der Waals surface area contributed by atoms with Crippen molar-refractivity contribution in [2.45, 2.75) is 13.5 Å². The number of carbonyl (C=O) groups excluding carboxylic acids is 1. The average molecular weight is 374 g/mol. The molecule has 0 aliphatic heterocycles. The van der Waals surface area contributed by atoms with Gasteiger partial charge in [0.2, 0.25) is 0 Å². The summed E-state index contributed by atoms with van der Waals surface area (Å²) in [6.45, 7) is 2.32. The first-order valence-electron chi connectivity index (χ1n) is 8.61. The highest BCUT2D eigenvalue weighted by Gasteiger charge is 2.14. The molecule has 4 aromatic rings. The van der Waals surface area contributed by atoms with Crippen LogP contribution in [0.2, 0.25) is 0 Å². The average Bonchev–Trinajstić information content (AvgIpc) is 3.34. The molecule has 27 heavy (non-hydrogen) atoms. The summed E-state index contributed by atoms with van der Waals surface area (Å²) in [5.41, 5.74) is 4.24. The summed E-state index contributed by atoms with van der Waals surface area (Å²) >= 11 is 1.54. The fraction of sp³-hybridized carbons (Fsp3) is 0.0952. The summed E-state index contributed by atoms with van der Waals surface area (Å²) in [4.78, 5) is 17.1. The van der Waals surface area contributed by atoms with Gasteiger partial charge in [-0.15, -0.1) is 11.3 Å². The van der Waals surface area contributed by atoms with Gasteiger partial charge in [-0.05, 0) is 25.1 Å². The number of nitrogens with one attached hydrogen (secondary N) is 1. The summed E-state index contributed by atoms with van der Waals surface area (Å²) in [5.74, 6) is -0.204. The standard InChI is InChI=1S/C21H18N4OS/c1-15-12-18(24-25(15)17-10-6-3-7-11-17)21(26)22-13-20-23-19(14-27-20)16-8-4-2-5-9-16/h2-12,14H,13H2,1H3,(H,22,26). The van der Waals surface area contributed by atoms with Crippen molar-refractivity contribution in [3.63, 3.8) is 0 Å². The van der Waals surface area contributed by atoms with Gasteiger partial charge in [0.1, 0.15) is 5.01 Å². The minimum atomic E-state index is -0.204. The molecular formula is C21H18N4OS. The molecule has 6 heteroatoms. The lowest BCUT2D eigenvalue weighted by molar-refractivity contribution is 0.0945. The number of benzene rings is 2. The molecule has 0 aliphatic rings. The van der Waals surface area contributed by atoms with Gasteiger partial charge in [0.25, 0.3) is 5.91 Å². The van der Waals surface area contributed by atoms with Crippen molar-refractivity contribution in [3.8, 4) is 16.9 Å². The highest BCUT2D eigenvalue weighted by atomic mass is 32.1. The maximum absolute atomic E-state index is 12.5. The molecule has 1 amide bonds. The van der Waals surface area contributed by atoms with Crippen LogP contribution < -0.4 is 5.32 Å². The molecule has 1 N–H and O–H groups in total. The quantitative estimate of drug-likeness (QED) is 0.569.